The van der Waals surface area contributed by atoms with E-state index in [0.29, 0.717) is 12.5 Å². The van der Waals surface area contributed by atoms with Gasteiger partial charge in [-0.25, -0.2) is 18.1 Å². The lowest BCUT2D eigenvalue weighted by Gasteiger charge is -2.10. The highest BCUT2D eigenvalue weighted by Gasteiger charge is 2.16. The van der Waals surface area contributed by atoms with Crippen molar-refractivity contribution in [1.82, 2.24) is 14.7 Å². The van der Waals surface area contributed by atoms with Crippen LogP contribution < -0.4 is 15.4 Å². The molecule has 0 fully saturated rings. The highest BCUT2D eigenvalue weighted by Crippen LogP contribution is 2.19. The van der Waals surface area contributed by atoms with Crippen molar-refractivity contribution in [2.45, 2.75) is 18.7 Å². The van der Waals surface area contributed by atoms with Crippen LogP contribution in [-0.2, 0) is 10.0 Å². The van der Waals surface area contributed by atoms with Crippen molar-refractivity contribution in [2.24, 2.45) is 0 Å². The van der Waals surface area contributed by atoms with Crippen LogP contribution in [0, 0.1) is 6.92 Å². The Morgan fingerprint density at radius 3 is 2.58 bits per heavy atom. The van der Waals surface area contributed by atoms with Crippen molar-refractivity contribution < 1.29 is 8.42 Å². The second kappa shape index (κ2) is 8.27. The molecule has 1 aromatic heterocycles. The fourth-order valence-corrected chi connectivity index (χ4v) is 3.57. The summed E-state index contributed by atoms with van der Waals surface area (Å²) in [5.41, 5.74) is 0.820. The monoisotopic (exact) mass is 369 g/mol. The molecule has 0 amide bonds. The lowest BCUT2D eigenvalue weighted by Crippen LogP contribution is -2.29. The fourth-order valence-electron chi connectivity index (χ4n) is 2.02. The maximum atomic E-state index is 12.2. The summed E-state index contributed by atoms with van der Waals surface area (Å²) in [5.74, 6) is 1.17. The Labute approximate surface area is 146 Å². The van der Waals surface area contributed by atoms with E-state index in [0.717, 1.165) is 18.1 Å². The SMILES string of the molecule is CCNc1cc(C)nc(NCCNS(=O)(=O)c2ccccc2Cl)n1. The molecule has 1 heterocycles. The third kappa shape index (κ3) is 5.05. The Morgan fingerprint density at radius 2 is 1.88 bits per heavy atom. The molecule has 0 spiro atoms. The predicted molar refractivity (Wildman–Crippen MR) is 96.1 cm³/mol. The van der Waals surface area contributed by atoms with Gasteiger partial charge in [0.25, 0.3) is 0 Å². The molecule has 0 radical (unpaired) electrons. The van der Waals surface area contributed by atoms with Gasteiger partial charge in [-0.15, -0.1) is 0 Å². The van der Waals surface area contributed by atoms with Gasteiger partial charge in [-0.3, -0.25) is 0 Å². The first kappa shape index (κ1) is 18.4. The van der Waals surface area contributed by atoms with Crippen molar-refractivity contribution in [1.29, 1.82) is 0 Å². The third-order valence-corrected chi connectivity index (χ3v) is 5.00. The summed E-state index contributed by atoms with van der Waals surface area (Å²) < 4.78 is 26.9. The molecule has 0 bridgehead atoms. The van der Waals surface area contributed by atoms with Crippen LogP contribution in [0.3, 0.4) is 0 Å². The van der Waals surface area contributed by atoms with Gasteiger partial charge in [-0.05, 0) is 26.0 Å². The minimum atomic E-state index is -3.65. The third-order valence-electron chi connectivity index (χ3n) is 3.04. The van der Waals surface area contributed by atoms with E-state index in [2.05, 4.69) is 25.3 Å². The number of hydrogen-bond acceptors (Lipinski definition) is 6. The summed E-state index contributed by atoms with van der Waals surface area (Å²) in [4.78, 5) is 8.62. The molecule has 3 N–H and O–H groups in total. The van der Waals surface area contributed by atoms with E-state index in [-0.39, 0.29) is 16.5 Å². The zero-order valence-corrected chi connectivity index (χ0v) is 15.1. The normalized spacial score (nSPS) is 11.3. The summed E-state index contributed by atoms with van der Waals surface area (Å²) in [5, 5.41) is 6.30. The van der Waals surface area contributed by atoms with Gasteiger partial charge >= 0.3 is 0 Å². The number of halogens is 1. The quantitative estimate of drug-likeness (QED) is 0.618. The molecule has 0 saturated heterocycles. The van der Waals surface area contributed by atoms with Crippen LogP contribution in [0.15, 0.2) is 35.2 Å². The molecule has 130 valence electrons. The van der Waals surface area contributed by atoms with E-state index >= 15 is 0 Å². The number of rotatable bonds is 8. The van der Waals surface area contributed by atoms with Crippen molar-refractivity contribution >= 4 is 33.4 Å². The van der Waals surface area contributed by atoms with Gasteiger partial charge in [-0.2, -0.15) is 4.98 Å². The van der Waals surface area contributed by atoms with Gasteiger partial charge in [-0.1, -0.05) is 23.7 Å². The number of hydrogen-bond donors (Lipinski definition) is 3. The molecule has 24 heavy (non-hydrogen) atoms. The van der Waals surface area contributed by atoms with E-state index in [1.165, 1.54) is 12.1 Å². The average molecular weight is 370 g/mol. The van der Waals surface area contributed by atoms with Crippen LogP contribution in [0.5, 0.6) is 0 Å². The van der Waals surface area contributed by atoms with Crippen LogP contribution >= 0.6 is 11.6 Å². The smallest absolute Gasteiger partial charge is 0.242 e. The largest absolute Gasteiger partial charge is 0.370 e. The van der Waals surface area contributed by atoms with Crippen LogP contribution in [-0.4, -0.2) is 38.0 Å². The van der Waals surface area contributed by atoms with E-state index in [9.17, 15) is 8.42 Å². The Morgan fingerprint density at radius 1 is 1.12 bits per heavy atom. The maximum absolute atomic E-state index is 12.2. The Hall–Kier alpha value is -1.90. The number of nitrogens with zero attached hydrogens (tertiary/aromatic N) is 2. The second-order valence-electron chi connectivity index (χ2n) is 5.00. The zero-order chi connectivity index (χ0) is 17.6. The molecule has 1 aromatic carbocycles. The molecule has 0 aliphatic heterocycles. The predicted octanol–water partition coefficient (Wildman–Crippen LogP) is 2.26. The molecule has 7 nitrogen and oxygen atoms in total. The van der Waals surface area contributed by atoms with Crippen LogP contribution in [0.4, 0.5) is 11.8 Å². The van der Waals surface area contributed by atoms with E-state index in [1.807, 2.05) is 19.9 Å². The number of sulfonamides is 1. The van der Waals surface area contributed by atoms with Crippen molar-refractivity contribution in [3.63, 3.8) is 0 Å². The lowest BCUT2D eigenvalue weighted by atomic mass is 10.4. The molecule has 2 aromatic rings. The molecular weight excluding hydrogens is 350 g/mol. The molecule has 0 aliphatic rings. The lowest BCUT2D eigenvalue weighted by molar-refractivity contribution is 0.583. The molecule has 0 saturated carbocycles. The van der Waals surface area contributed by atoms with Gasteiger partial charge in [0.2, 0.25) is 16.0 Å². The summed E-state index contributed by atoms with van der Waals surface area (Å²) in [7, 11) is -3.65. The number of benzene rings is 1. The summed E-state index contributed by atoms with van der Waals surface area (Å²) in [6.07, 6.45) is 0. The topological polar surface area (TPSA) is 96.0 Å². The first-order valence-electron chi connectivity index (χ1n) is 7.50. The van der Waals surface area contributed by atoms with E-state index in [1.54, 1.807) is 12.1 Å². The standard InChI is InChI=1S/C15H20ClN5O2S/c1-3-17-14-10-11(2)20-15(21-14)18-8-9-19-24(22,23)13-7-5-4-6-12(13)16/h4-7,10,19H,3,8-9H2,1-2H3,(H2,17,18,20,21). The molecule has 0 unspecified atom stereocenters. The second-order valence-corrected chi connectivity index (χ2v) is 7.15. The van der Waals surface area contributed by atoms with Crippen molar-refractivity contribution in [2.75, 3.05) is 30.3 Å². The maximum Gasteiger partial charge on any atom is 0.242 e. The van der Waals surface area contributed by atoms with Gasteiger partial charge in [0.1, 0.15) is 10.7 Å². The average Bonchev–Trinajstić information content (AvgIpc) is 2.52. The highest BCUT2D eigenvalue weighted by molar-refractivity contribution is 7.89. The molecular formula is C15H20ClN5O2S. The minimum absolute atomic E-state index is 0.0629. The molecule has 2 rings (SSSR count). The van der Waals surface area contributed by atoms with Crippen molar-refractivity contribution in [3.05, 3.63) is 41.0 Å². The van der Waals surface area contributed by atoms with Crippen molar-refractivity contribution in [3.8, 4) is 0 Å². The number of nitrogens with one attached hydrogen (secondary N) is 3. The van der Waals surface area contributed by atoms with Crippen LogP contribution in [0.1, 0.15) is 12.6 Å². The van der Waals surface area contributed by atoms with E-state index < -0.39 is 10.0 Å². The first-order valence-corrected chi connectivity index (χ1v) is 9.36. The first-order chi connectivity index (χ1) is 11.4. The number of anilines is 2. The molecule has 9 heteroatoms. The fraction of sp³-hybridized carbons (Fsp3) is 0.333. The molecule has 0 atom stereocenters. The van der Waals surface area contributed by atoms with Crippen LogP contribution in [0.25, 0.3) is 0 Å². The van der Waals surface area contributed by atoms with Gasteiger partial charge in [0.15, 0.2) is 0 Å². The van der Waals surface area contributed by atoms with Gasteiger partial charge < -0.3 is 10.6 Å². The summed E-state index contributed by atoms with van der Waals surface area (Å²) in [6.45, 7) is 5.13. The number of aromatic nitrogens is 2. The Kier molecular flexibility index (Phi) is 6.36. The molecule has 0 aliphatic carbocycles. The summed E-state index contributed by atoms with van der Waals surface area (Å²) >= 11 is 5.92. The summed E-state index contributed by atoms with van der Waals surface area (Å²) in [6, 6.07) is 8.15. The minimum Gasteiger partial charge on any atom is -0.370 e. The zero-order valence-electron chi connectivity index (χ0n) is 13.5. The highest BCUT2D eigenvalue weighted by atomic mass is 35.5. The van der Waals surface area contributed by atoms with Gasteiger partial charge in [0, 0.05) is 31.4 Å². The Balaban J connectivity index is 1.92. The van der Waals surface area contributed by atoms with Crippen LogP contribution in [0.2, 0.25) is 5.02 Å². The van der Waals surface area contributed by atoms with E-state index in [4.69, 9.17) is 11.6 Å². The van der Waals surface area contributed by atoms with Gasteiger partial charge in [0.05, 0.1) is 5.02 Å². The Bertz CT molecular complexity index is 798. The number of aryl methyl sites for hydroxylation is 1.